The lowest BCUT2D eigenvalue weighted by Crippen LogP contribution is -2.11. The first-order valence-corrected chi connectivity index (χ1v) is 5.43. The Morgan fingerprint density at radius 3 is 3.14 bits per heavy atom. The molecular weight excluding hydrogens is 194 g/mol. The molecule has 2 heterocycles. The summed E-state index contributed by atoms with van der Waals surface area (Å²) in [7, 11) is 0. The Morgan fingerprint density at radius 1 is 1.64 bits per heavy atom. The van der Waals surface area contributed by atoms with Gasteiger partial charge in [-0.1, -0.05) is 6.07 Å². The van der Waals surface area contributed by atoms with Crippen LogP contribution in [0.15, 0.2) is 30.0 Å². The smallest absolute Gasteiger partial charge is 0.0952 e. The summed E-state index contributed by atoms with van der Waals surface area (Å²) in [4.78, 5) is 5.44. The van der Waals surface area contributed by atoms with Gasteiger partial charge in [0.15, 0.2) is 0 Å². The number of aromatic nitrogens is 2. The van der Waals surface area contributed by atoms with Gasteiger partial charge in [0.05, 0.1) is 18.6 Å². The van der Waals surface area contributed by atoms with Crippen LogP contribution in [0.3, 0.4) is 0 Å². The first kappa shape index (κ1) is 9.43. The van der Waals surface area contributed by atoms with Gasteiger partial charge >= 0.3 is 0 Å². The van der Waals surface area contributed by atoms with Crippen LogP contribution in [0.2, 0.25) is 0 Å². The minimum absolute atomic E-state index is 0.0393. The van der Waals surface area contributed by atoms with E-state index in [4.69, 9.17) is 5.73 Å². The van der Waals surface area contributed by atoms with Crippen molar-refractivity contribution in [2.45, 2.75) is 19.5 Å². The van der Waals surface area contributed by atoms with Gasteiger partial charge in [-0.2, -0.15) is 0 Å². The number of nitrogens with zero attached hydrogens (tertiary/aromatic N) is 2. The Hall–Kier alpha value is -1.13. The molecule has 74 valence electrons. The minimum atomic E-state index is 0.0393. The van der Waals surface area contributed by atoms with Crippen molar-refractivity contribution in [3.8, 4) is 0 Å². The van der Waals surface area contributed by atoms with Gasteiger partial charge in [-0.05, 0) is 18.4 Å². The molecule has 0 aliphatic carbocycles. The number of thiophene rings is 1. The Balaban J connectivity index is 2.21. The minimum Gasteiger partial charge on any atom is -0.328 e. The number of rotatable bonds is 3. The highest BCUT2D eigenvalue weighted by molar-refractivity contribution is 7.09. The zero-order chi connectivity index (χ0) is 9.97. The number of nitrogens with two attached hydrogens (primary N) is 1. The molecule has 14 heavy (non-hydrogen) atoms. The van der Waals surface area contributed by atoms with E-state index in [9.17, 15) is 0 Å². The van der Waals surface area contributed by atoms with Gasteiger partial charge in [0, 0.05) is 17.1 Å². The predicted molar refractivity (Wildman–Crippen MR) is 58.3 cm³/mol. The highest BCUT2D eigenvalue weighted by Crippen LogP contribution is 2.14. The Kier molecular flexibility index (Phi) is 2.65. The highest BCUT2D eigenvalue weighted by Gasteiger charge is 2.06. The standard InChI is InChI=1S/C10H13N3S/c1-8(11)10-5-12-7-13(10)6-9-3-2-4-14-9/h2-5,7-8H,6,11H2,1H3. The lowest BCUT2D eigenvalue weighted by atomic mass is 10.2. The molecule has 2 aromatic rings. The molecule has 1 unspecified atom stereocenters. The molecule has 0 aliphatic heterocycles. The van der Waals surface area contributed by atoms with Crippen molar-refractivity contribution in [3.05, 3.63) is 40.6 Å². The van der Waals surface area contributed by atoms with Crippen LogP contribution in [0.4, 0.5) is 0 Å². The van der Waals surface area contributed by atoms with Gasteiger partial charge in [-0.25, -0.2) is 4.98 Å². The zero-order valence-electron chi connectivity index (χ0n) is 8.05. The van der Waals surface area contributed by atoms with E-state index in [-0.39, 0.29) is 6.04 Å². The van der Waals surface area contributed by atoms with E-state index < -0.39 is 0 Å². The van der Waals surface area contributed by atoms with Crippen molar-refractivity contribution in [2.75, 3.05) is 0 Å². The van der Waals surface area contributed by atoms with Gasteiger partial charge in [-0.3, -0.25) is 0 Å². The average molecular weight is 207 g/mol. The maximum atomic E-state index is 5.83. The second kappa shape index (κ2) is 3.94. The van der Waals surface area contributed by atoms with Crippen LogP contribution in [-0.4, -0.2) is 9.55 Å². The van der Waals surface area contributed by atoms with E-state index in [0.29, 0.717) is 0 Å². The maximum absolute atomic E-state index is 5.83. The summed E-state index contributed by atoms with van der Waals surface area (Å²) in [6.07, 6.45) is 3.66. The lowest BCUT2D eigenvalue weighted by molar-refractivity contribution is 0.679. The molecule has 0 spiro atoms. The molecule has 3 nitrogen and oxygen atoms in total. The molecule has 4 heteroatoms. The third-order valence-corrected chi connectivity index (χ3v) is 2.98. The van der Waals surface area contributed by atoms with E-state index in [2.05, 4.69) is 27.1 Å². The SMILES string of the molecule is CC(N)c1cncn1Cc1cccs1. The Morgan fingerprint density at radius 2 is 2.50 bits per heavy atom. The molecule has 2 aromatic heterocycles. The molecule has 0 aliphatic rings. The van der Waals surface area contributed by atoms with Crippen LogP contribution in [0.5, 0.6) is 0 Å². The van der Waals surface area contributed by atoms with Gasteiger partial charge in [-0.15, -0.1) is 11.3 Å². The third-order valence-electron chi connectivity index (χ3n) is 2.12. The van der Waals surface area contributed by atoms with Gasteiger partial charge in [0.2, 0.25) is 0 Å². The topological polar surface area (TPSA) is 43.8 Å². The quantitative estimate of drug-likeness (QED) is 0.836. The van der Waals surface area contributed by atoms with E-state index >= 15 is 0 Å². The van der Waals surface area contributed by atoms with Crippen molar-refractivity contribution in [1.82, 2.24) is 9.55 Å². The van der Waals surface area contributed by atoms with E-state index in [1.807, 2.05) is 19.4 Å². The lowest BCUT2D eigenvalue weighted by Gasteiger charge is -2.09. The summed E-state index contributed by atoms with van der Waals surface area (Å²) < 4.78 is 2.09. The summed E-state index contributed by atoms with van der Waals surface area (Å²) >= 11 is 1.75. The fourth-order valence-corrected chi connectivity index (χ4v) is 2.12. The summed E-state index contributed by atoms with van der Waals surface area (Å²) in [6, 6.07) is 4.22. The van der Waals surface area contributed by atoms with Crippen LogP contribution >= 0.6 is 11.3 Å². The molecule has 2 N–H and O–H groups in total. The van der Waals surface area contributed by atoms with Crippen molar-refractivity contribution in [2.24, 2.45) is 5.73 Å². The molecule has 0 saturated carbocycles. The van der Waals surface area contributed by atoms with Crippen molar-refractivity contribution in [3.63, 3.8) is 0 Å². The monoisotopic (exact) mass is 207 g/mol. The fraction of sp³-hybridized carbons (Fsp3) is 0.300. The third kappa shape index (κ3) is 1.86. The Labute approximate surface area is 87.2 Å². The van der Waals surface area contributed by atoms with Gasteiger partial charge in [0.1, 0.15) is 0 Å². The first-order chi connectivity index (χ1) is 6.77. The molecule has 0 fully saturated rings. The van der Waals surface area contributed by atoms with Gasteiger partial charge in [0.25, 0.3) is 0 Å². The average Bonchev–Trinajstić information content (AvgIpc) is 2.75. The number of hydrogen-bond donors (Lipinski definition) is 1. The molecular formula is C10H13N3S. The molecule has 0 bridgehead atoms. The summed E-state index contributed by atoms with van der Waals surface area (Å²) in [6.45, 7) is 2.84. The van der Waals surface area contributed by atoms with E-state index in [0.717, 1.165) is 12.2 Å². The molecule has 1 atom stereocenters. The second-order valence-electron chi connectivity index (χ2n) is 3.31. The van der Waals surface area contributed by atoms with Crippen LogP contribution in [0.25, 0.3) is 0 Å². The summed E-state index contributed by atoms with van der Waals surface area (Å²) in [5.74, 6) is 0. The van der Waals surface area contributed by atoms with Crippen LogP contribution < -0.4 is 5.73 Å². The highest BCUT2D eigenvalue weighted by atomic mass is 32.1. The maximum Gasteiger partial charge on any atom is 0.0952 e. The predicted octanol–water partition coefficient (Wildman–Crippen LogP) is 2.01. The fourth-order valence-electron chi connectivity index (χ4n) is 1.41. The van der Waals surface area contributed by atoms with Crippen molar-refractivity contribution >= 4 is 11.3 Å². The first-order valence-electron chi connectivity index (χ1n) is 4.55. The largest absolute Gasteiger partial charge is 0.328 e. The van der Waals surface area contributed by atoms with Crippen molar-refractivity contribution < 1.29 is 0 Å². The van der Waals surface area contributed by atoms with E-state index in [1.54, 1.807) is 11.3 Å². The summed E-state index contributed by atoms with van der Waals surface area (Å²) in [5, 5.41) is 2.08. The second-order valence-corrected chi connectivity index (χ2v) is 4.35. The van der Waals surface area contributed by atoms with Gasteiger partial charge < -0.3 is 10.3 Å². The Bertz CT molecular complexity index is 389. The van der Waals surface area contributed by atoms with Crippen LogP contribution in [0, 0.1) is 0 Å². The molecule has 2 rings (SSSR count). The molecule has 0 radical (unpaired) electrons. The van der Waals surface area contributed by atoms with Crippen LogP contribution in [-0.2, 0) is 6.54 Å². The number of hydrogen-bond acceptors (Lipinski definition) is 3. The molecule has 0 amide bonds. The van der Waals surface area contributed by atoms with Crippen LogP contribution in [0.1, 0.15) is 23.5 Å². The number of imidazole rings is 1. The zero-order valence-corrected chi connectivity index (χ0v) is 8.87. The molecule has 0 saturated heterocycles. The normalized spacial score (nSPS) is 13.0. The van der Waals surface area contributed by atoms with Crippen molar-refractivity contribution in [1.29, 1.82) is 0 Å². The van der Waals surface area contributed by atoms with E-state index in [1.165, 1.54) is 4.88 Å². The summed E-state index contributed by atoms with van der Waals surface area (Å²) in [5.41, 5.74) is 6.91. The molecule has 0 aromatic carbocycles.